The van der Waals surface area contributed by atoms with Gasteiger partial charge >= 0.3 is 0 Å². The SMILES string of the molecule is N#CC(C#N)=C(c1ccc(-n2c3ccccc3c3ccccc32)cc1)c1cccc(C(=C(C#N)C#N)c2ccc(-n3c4ccccc4c4ccccc43)cc2)c1. The number of benzene rings is 7. The lowest BCUT2D eigenvalue weighted by Crippen LogP contribution is -1.99. The van der Waals surface area contributed by atoms with Gasteiger partial charge in [-0.3, -0.25) is 0 Å². The molecule has 0 unspecified atom stereocenters. The Morgan fingerprint density at radius 1 is 0.321 bits per heavy atom. The van der Waals surface area contributed by atoms with Gasteiger partial charge in [0.15, 0.2) is 0 Å². The summed E-state index contributed by atoms with van der Waals surface area (Å²) in [5, 5.41) is 45.4. The van der Waals surface area contributed by atoms with Crippen LogP contribution in [0.25, 0.3) is 66.1 Å². The number of para-hydroxylation sites is 4. The molecule has 2 heterocycles. The van der Waals surface area contributed by atoms with Gasteiger partial charge in [-0.2, -0.15) is 21.0 Å². The smallest absolute Gasteiger partial charge is 0.138 e. The number of hydrogen-bond acceptors (Lipinski definition) is 4. The molecule has 2 aromatic heterocycles. The Morgan fingerprint density at radius 2 is 0.625 bits per heavy atom. The Labute approximate surface area is 322 Å². The molecule has 6 heteroatoms. The maximum Gasteiger partial charge on any atom is 0.138 e. The van der Waals surface area contributed by atoms with E-state index in [1.807, 2.05) is 121 Å². The fourth-order valence-electron chi connectivity index (χ4n) is 7.97. The van der Waals surface area contributed by atoms with Crippen LogP contribution in [-0.2, 0) is 0 Å². The highest BCUT2D eigenvalue weighted by Crippen LogP contribution is 2.37. The molecule has 0 fully saturated rings. The summed E-state index contributed by atoms with van der Waals surface area (Å²) in [6.07, 6.45) is 0. The van der Waals surface area contributed by atoms with Crippen molar-refractivity contribution in [3.05, 3.63) is 203 Å². The Balaban J connectivity index is 1.14. The zero-order valence-electron chi connectivity index (χ0n) is 29.8. The predicted molar refractivity (Wildman–Crippen MR) is 222 cm³/mol. The van der Waals surface area contributed by atoms with Crippen molar-refractivity contribution in [2.75, 3.05) is 0 Å². The van der Waals surface area contributed by atoms with Gasteiger partial charge in [0.1, 0.15) is 35.4 Å². The number of nitrogens with zero attached hydrogens (tertiary/aromatic N) is 6. The van der Waals surface area contributed by atoms with Gasteiger partial charge in [-0.05, 0) is 76.9 Å². The molecule has 56 heavy (non-hydrogen) atoms. The molecule has 0 atom stereocenters. The van der Waals surface area contributed by atoms with E-state index >= 15 is 0 Å². The molecule has 9 rings (SSSR count). The fourth-order valence-corrected chi connectivity index (χ4v) is 7.97. The van der Waals surface area contributed by atoms with Gasteiger partial charge in [0.25, 0.3) is 0 Å². The molecule has 0 saturated carbocycles. The summed E-state index contributed by atoms with van der Waals surface area (Å²) in [5.41, 5.74) is 9.61. The lowest BCUT2D eigenvalue weighted by Gasteiger charge is -2.15. The molecule has 0 radical (unpaired) electrons. The lowest BCUT2D eigenvalue weighted by atomic mass is 9.88. The fraction of sp³-hybridized carbons (Fsp3) is 0. The van der Waals surface area contributed by atoms with Crippen LogP contribution < -0.4 is 0 Å². The van der Waals surface area contributed by atoms with Crippen LogP contribution in [0.2, 0.25) is 0 Å². The number of allylic oxidation sites excluding steroid dienone is 2. The maximum absolute atomic E-state index is 10.2. The minimum atomic E-state index is -0.0476. The van der Waals surface area contributed by atoms with Crippen molar-refractivity contribution in [1.82, 2.24) is 9.13 Å². The van der Waals surface area contributed by atoms with Crippen molar-refractivity contribution in [1.29, 1.82) is 21.0 Å². The highest BCUT2D eigenvalue weighted by Gasteiger charge is 2.19. The first-order valence-electron chi connectivity index (χ1n) is 18.0. The van der Waals surface area contributed by atoms with E-state index in [4.69, 9.17) is 0 Å². The van der Waals surface area contributed by atoms with Crippen molar-refractivity contribution in [3.8, 4) is 35.7 Å². The number of rotatable bonds is 6. The summed E-state index contributed by atoms with van der Waals surface area (Å²) in [6.45, 7) is 0. The zero-order valence-corrected chi connectivity index (χ0v) is 29.8. The second-order valence-corrected chi connectivity index (χ2v) is 13.4. The minimum absolute atomic E-state index is 0.0476. The maximum atomic E-state index is 10.2. The third-order valence-corrected chi connectivity index (χ3v) is 10.4. The number of fused-ring (bicyclic) bond motifs is 6. The Bertz CT molecular complexity index is 2910. The molecule has 0 aliphatic heterocycles. The van der Waals surface area contributed by atoms with E-state index in [-0.39, 0.29) is 11.1 Å². The van der Waals surface area contributed by atoms with Gasteiger partial charge in [-0.15, -0.1) is 0 Å². The van der Waals surface area contributed by atoms with Crippen LogP contribution in [0.15, 0.2) is 181 Å². The average Bonchev–Trinajstić information content (AvgIpc) is 3.78. The summed E-state index contributed by atoms with van der Waals surface area (Å²) < 4.78 is 4.42. The van der Waals surface area contributed by atoms with E-state index < -0.39 is 0 Å². The van der Waals surface area contributed by atoms with E-state index in [1.165, 1.54) is 0 Å². The van der Waals surface area contributed by atoms with Crippen molar-refractivity contribution < 1.29 is 0 Å². The van der Waals surface area contributed by atoms with Gasteiger partial charge in [0.05, 0.1) is 22.1 Å². The van der Waals surface area contributed by atoms with E-state index in [0.717, 1.165) is 55.0 Å². The Morgan fingerprint density at radius 3 is 0.929 bits per heavy atom. The van der Waals surface area contributed by atoms with Crippen molar-refractivity contribution in [2.45, 2.75) is 0 Å². The van der Waals surface area contributed by atoms with E-state index in [1.54, 1.807) is 0 Å². The Hall–Kier alpha value is -8.42. The van der Waals surface area contributed by atoms with Crippen LogP contribution >= 0.6 is 0 Å². The van der Waals surface area contributed by atoms with Crippen LogP contribution in [0.3, 0.4) is 0 Å². The minimum Gasteiger partial charge on any atom is -0.309 e. The van der Waals surface area contributed by atoms with Gasteiger partial charge in [0.2, 0.25) is 0 Å². The number of hydrogen-bond donors (Lipinski definition) is 0. The van der Waals surface area contributed by atoms with Gasteiger partial charge in [0, 0.05) is 44.1 Å². The molecule has 258 valence electrons. The summed E-state index contributed by atoms with van der Waals surface area (Å²) in [6, 6.07) is 64.6. The molecule has 9 aromatic rings. The Kier molecular flexibility index (Phi) is 8.27. The van der Waals surface area contributed by atoms with Crippen molar-refractivity contribution in [2.24, 2.45) is 0 Å². The van der Waals surface area contributed by atoms with Crippen LogP contribution in [-0.4, -0.2) is 9.13 Å². The predicted octanol–water partition coefficient (Wildman–Crippen LogP) is 11.6. The summed E-state index contributed by atoms with van der Waals surface area (Å²) in [5.74, 6) is 0. The van der Waals surface area contributed by atoms with Gasteiger partial charge in [-0.25, -0.2) is 0 Å². The van der Waals surface area contributed by atoms with Gasteiger partial charge < -0.3 is 9.13 Å². The molecule has 7 aromatic carbocycles. The molecular weight excluding hydrogens is 685 g/mol. The molecule has 6 nitrogen and oxygen atoms in total. The molecule has 0 spiro atoms. The first kappa shape index (κ1) is 33.4. The molecule has 0 aliphatic carbocycles. The topological polar surface area (TPSA) is 105 Å². The van der Waals surface area contributed by atoms with Crippen LogP contribution in [0.1, 0.15) is 22.3 Å². The second-order valence-electron chi connectivity index (χ2n) is 13.4. The molecule has 0 N–H and O–H groups in total. The number of aromatic nitrogens is 2. The highest BCUT2D eigenvalue weighted by molar-refractivity contribution is 6.10. The lowest BCUT2D eigenvalue weighted by molar-refractivity contribution is 1.18. The first-order valence-corrected chi connectivity index (χ1v) is 18.0. The first-order chi connectivity index (χ1) is 27.6. The molecular formula is C50H28N6. The van der Waals surface area contributed by atoms with Crippen LogP contribution in [0.5, 0.6) is 0 Å². The molecule has 0 bridgehead atoms. The third kappa shape index (κ3) is 5.39. The highest BCUT2D eigenvalue weighted by atomic mass is 15.0. The summed E-state index contributed by atoms with van der Waals surface area (Å²) >= 11 is 0. The van der Waals surface area contributed by atoms with Crippen molar-refractivity contribution >= 4 is 54.8 Å². The standard InChI is InChI=1S/C50H28N6/c51-29-37(30-52)49(33-20-24-39(25-21-33)55-45-16-5-1-12-41(45)42-13-2-6-17-46(42)55)35-10-9-11-36(28-35)50(38(31-53)32-54)34-22-26-40(27-23-34)56-47-18-7-3-14-43(47)44-15-4-8-19-48(44)56/h1-28H. The number of nitriles is 4. The molecule has 0 amide bonds. The summed E-state index contributed by atoms with van der Waals surface area (Å²) in [4.78, 5) is 0. The largest absolute Gasteiger partial charge is 0.309 e. The third-order valence-electron chi connectivity index (χ3n) is 10.4. The zero-order chi connectivity index (χ0) is 38.2. The molecule has 0 saturated heterocycles. The van der Waals surface area contributed by atoms with Gasteiger partial charge in [-0.1, -0.05) is 115 Å². The van der Waals surface area contributed by atoms with E-state index in [9.17, 15) is 21.0 Å². The monoisotopic (exact) mass is 712 g/mol. The quantitative estimate of drug-likeness (QED) is 0.160. The van der Waals surface area contributed by atoms with E-state index in [0.29, 0.717) is 33.4 Å². The van der Waals surface area contributed by atoms with Crippen molar-refractivity contribution in [3.63, 3.8) is 0 Å². The van der Waals surface area contributed by atoms with E-state index in [2.05, 4.69) is 81.9 Å². The normalized spacial score (nSPS) is 10.8. The average molecular weight is 713 g/mol. The van der Waals surface area contributed by atoms with Crippen LogP contribution in [0.4, 0.5) is 0 Å². The molecule has 0 aliphatic rings. The van der Waals surface area contributed by atoms with Crippen LogP contribution in [0, 0.1) is 45.3 Å². The summed E-state index contributed by atoms with van der Waals surface area (Å²) in [7, 11) is 0. The second kappa shape index (κ2) is 13.9.